The molecule has 0 aliphatic carbocycles. The number of nitrogens with one attached hydrogen (secondary N) is 1. The van der Waals surface area contributed by atoms with Crippen molar-refractivity contribution in [3.05, 3.63) is 95.2 Å². The van der Waals surface area contributed by atoms with Gasteiger partial charge in [-0.2, -0.15) is 26.3 Å². The van der Waals surface area contributed by atoms with Gasteiger partial charge in [0.1, 0.15) is 18.1 Å². The van der Waals surface area contributed by atoms with Crippen molar-refractivity contribution in [1.29, 1.82) is 0 Å². The molecule has 45 heavy (non-hydrogen) atoms. The number of hydrogen-bond donors (Lipinski definition) is 1. The molecule has 1 aromatic heterocycles. The molecule has 1 N–H and O–H groups in total. The molecule has 12 heteroatoms. The molecule has 0 spiro atoms. The minimum atomic E-state index is -4.90. The SMILES string of the molecule is CCN(CC)CCOc1ccc(Nc2nc(C)cc(-c3ccc(OCCc4cc(C(F)(F)F)cc(C(F)(F)F)c4)cc3)n2)cc1. The lowest BCUT2D eigenvalue weighted by molar-refractivity contribution is -0.143. The van der Waals surface area contributed by atoms with Crippen molar-refractivity contribution < 1.29 is 35.8 Å². The summed E-state index contributed by atoms with van der Waals surface area (Å²) >= 11 is 0. The molecule has 3 aromatic carbocycles. The maximum Gasteiger partial charge on any atom is 0.416 e. The van der Waals surface area contributed by atoms with E-state index in [0.29, 0.717) is 36.1 Å². The van der Waals surface area contributed by atoms with Crippen LogP contribution >= 0.6 is 0 Å². The molecule has 0 saturated heterocycles. The summed E-state index contributed by atoms with van der Waals surface area (Å²) in [5.74, 6) is 1.58. The third-order valence-corrected chi connectivity index (χ3v) is 6.99. The van der Waals surface area contributed by atoms with Crippen LogP contribution in [0.15, 0.2) is 72.8 Å². The quantitative estimate of drug-likeness (QED) is 0.149. The van der Waals surface area contributed by atoms with Crippen LogP contribution < -0.4 is 14.8 Å². The maximum atomic E-state index is 13.1. The molecule has 240 valence electrons. The summed E-state index contributed by atoms with van der Waals surface area (Å²) < 4.78 is 90.3. The summed E-state index contributed by atoms with van der Waals surface area (Å²) in [6.07, 6.45) is -9.93. The zero-order valence-corrected chi connectivity index (χ0v) is 25.1. The van der Waals surface area contributed by atoms with Crippen LogP contribution in [-0.2, 0) is 18.8 Å². The zero-order valence-electron chi connectivity index (χ0n) is 25.1. The topological polar surface area (TPSA) is 59.5 Å². The lowest BCUT2D eigenvalue weighted by Gasteiger charge is -2.18. The van der Waals surface area contributed by atoms with Crippen LogP contribution in [0.5, 0.6) is 11.5 Å². The minimum Gasteiger partial charge on any atom is -0.493 e. The molecule has 0 saturated carbocycles. The Bertz CT molecular complexity index is 1510. The van der Waals surface area contributed by atoms with Gasteiger partial charge in [-0.25, -0.2) is 9.97 Å². The third kappa shape index (κ3) is 9.84. The van der Waals surface area contributed by atoms with E-state index in [1.807, 2.05) is 37.3 Å². The number of nitrogens with zero attached hydrogens (tertiary/aromatic N) is 3. The van der Waals surface area contributed by atoms with Gasteiger partial charge in [-0.3, -0.25) is 0 Å². The summed E-state index contributed by atoms with van der Waals surface area (Å²) in [6.45, 7) is 9.37. The first kappa shape index (κ1) is 33.6. The van der Waals surface area contributed by atoms with Crippen molar-refractivity contribution in [2.75, 3.05) is 38.2 Å². The van der Waals surface area contributed by atoms with E-state index >= 15 is 0 Å². The first-order chi connectivity index (χ1) is 21.3. The molecule has 0 fully saturated rings. The van der Waals surface area contributed by atoms with E-state index < -0.39 is 23.5 Å². The summed E-state index contributed by atoms with van der Waals surface area (Å²) in [4.78, 5) is 11.4. The Kier molecular flexibility index (Phi) is 10.9. The van der Waals surface area contributed by atoms with Crippen molar-refractivity contribution in [1.82, 2.24) is 14.9 Å². The number of aryl methyl sites for hydroxylation is 1. The monoisotopic (exact) mass is 632 g/mol. The Labute approximate surface area is 258 Å². The van der Waals surface area contributed by atoms with E-state index in [-0.39, 0.29) is 24.7 Å². The van der Waals surface area contributed by atoms with Gasteiger partial charge in [0.15, 0.2) is 0 Å². The van der Waals surface area contributed by atoms with E-state index in [0.717, 1.165) is 42.3 Å². The average Bonchev–Trinajstić information content (AvgIpc) is 2.99. The van der Waals surface area contributed by atoms with Gasteiger partial charge in [-0.05, 0) is 98.4 Å². The number of aromatic nitrogens is 2. The second-order valence-electron chi connectivity index (χ2n) is 10.3. The smallest absolute Gasteiger partial charge is 0.416 e. The van der Waals surface area contributed by atoms with E-state index in [2.05, 4.69) is 34.0 Å². The average molecular weight is 633 g/mol. The molecule has 0 atom stereocenters. The molecule has 4 aromatic rings. The molecule has 1 heterocycles. The number of benzene rings is 3. The van der Waals surface area contributed by atoms with Gasteiger partial charge in [0, 0.05) is 29.9 Å². The second kappa shape index (κ2) is 14.6. The fourth-order valence-electron chi connectivity index (χ4n) is 4.54. The van der Waals surface area contributed by atoms with Gasteiger partial charge in [0.2, 0.25) is 5.95 Å². The van der Waals surface area contributed by atoms with E-state index in [1.54, 1.807) is 24.3 Å². The van der Waals surface area contributed by atoms with Crippen LogP contribution in [-0.4, -0.2) is 47.7 Å². The molecule has 4 rings (SSSR count). The highest BCUT2D eigenvalue weighted by atomic mass is 19.4. The van der Waals surface area contributed by atoms with Gasteiger partial charge < -0.3 is 19.7 Å². The van der Waals surface area contributed by atoms with Crippen LogP contribution in [0.25, 0.3) is 11.3 Å². The largest absolute Gasteiger partial charge is 0.493 e. The van der Waals surface area contributed by atoms with E-state index in [9.17, 15) is 26.3 Å². The van der Waals surface area contributed by atoms with Crippen molar-refractivity contribution in [3.8, 4) is 22.8 Å². The Morgan fingerprint density at radius 1 is 0.711 bits per heavy atom. The van der Waals surface area contributed by atoms with Crippen LogP contribution in [0, 0.1) is 6.92 Å². The highest BCUT2D eigenvalue weighted by Crippen LogP contribution is 2.36. The Balaban J connectivity index is 1.36. The van der Waals surface area contributed by atoms with Crippen molar-refractivity contribution in [2.24, 2.45) is 0 Å². The maximum absolute atomic E-state index is 13.1. The molecular formula is C33H34F6N4O2. The fraction of sp³-hybridized carbons (Fsp3) is 0.333. The van der Waals surface area contributed by atoms with Crippen molar-refractivity contribution in [3.63, 3.8) is 0 Å². The molecule has 6 nitrogen and oxygen atoms in total. The highest BCUT2D eigenvalue weighted by molar-refractivity contribution is 5.63. The molecule has 0 bridgehead atoms. The van der Waals surface area contributed by atoms with E-state index in [4.69, 9.17) is 9.47 Å². The fourth-order valence-corrected chi connectivity index (χ4v) is 4.54. The first-order valence-electron chi connectivity index (χ1n) is 14.4. The van der Waals surface area contributed by atoms with Crippen LogP contribution in [0.2, 0.25) is 0 Å². The Morgan fingerprint density at radius 2 is 1.27 bits per heavy atom. The van der Waals surface area contributed by atoms with Crippen LogP contribution in [0.1, 0.15) is 36.2 Å². The van der Waals surface area contributed by atoms with Crippen molar-refractivity contribution in [2.45, 2.75) is 39.5 Å². The lowest BCUT2D eigenvalue weighted by atomic mass is 10.0. The number of alkyl halides is 6. The predicted octanol–water partition coefficient (Wildman–Crippen LogP) is 8.58. The van der Waals surface area contributed by atoms with Crippen molar-refractivity contribution >= 4 is 11.6 Å². The number of rotatable bonds is 13. The molecule has 0 aliphatic heterocycles. The van der Waals surface area contributed by atoms with Gasteiger partial charge >= 0.3 is 12.4 Å². The van der Waals surface area contributed by atoms with E-state index in [1.165, 1.54) is 0 Å². The summed E-state index contributed by atoms with van der Waals surface area (Å²) in [5, 5.41) is 3.20. The molecule has 0 radical (unpaired) electrons. The standard InChI is InChI=1S/C33H34F6N4O2/c1-4-43(5-2)15-17-45-29-12-8-27(9-13-29)41-31-40-22(3)18-30(42-31)24-6-10-28(11-7-24)44-16-14-23-19-25(32(34,35)36)21-26(20-23)33(37,38)39/h6-13,18-21H,4-5,14-17H2,1-3H3,(H,40,41,42). The van der Waals surface area contributed by atoms with Crippen LogP contribution in [0.4, 0.5) is 38.0 Å². The highest BCUT2D eigenvalue weighted by Gasteiger charge is 2.36. The van der Waals surface area contributed by atoms with Gasteiger partial charge in [-0.15, -0.1) is 0 Å². The second-order valence-corrected chi connectivity index (χ2v) is 10.3. The zero-order chi connectivity index (χ0) is 32.6. The number of anilines is 2. The number of likely N-dealkylation sites (N-methyl/N-ethyl adjacent to an activating group) is 1. The third-order valence-electron chi connectivity index (χ3n) is 6.99. The predicted molar refractivity (Wildman–Crippen MR) is 161 cm³/mol. The van der Waals surface area contributed by atoms with Gasteiger partial charge in [0.25, 0.3) is 0 Å². The molecule has 0 unspecified atom stereocenters. The Hall–Kier alpha value is -4.32. The van der Waals surface area contributed by atoms with Gasteiger partial charge in [0.05, 0.1) is 23.4 Å². The summed E-state index contributed by atoms with van der Waals surface area (Å²) in [7, 11) is 0. The number of ether oxygens (including phenoxy) is 2. The van der Waals surface area contributed by atoms with Crippen LogP contribution in [0.3, 0.4) is 0 Å². The van der Waals surface area contributed by atoms with Gasteiger partial charge in [-0.1, -0.05) is 13.8 Å². The minimum absolute atomic E-state index is 0.111. The molecular weight excluding hydrogens is 598 g/mol. The number of halogens is 6. The summed E-state index contributed by atoms with van der Waals surface area (Å²) in [6, 6.07) is 17.7. The first-order valence-corrected chi connectivity index (χ1v) is 14.4. The Morgan fingerprint density at radius 3 is 1.82 bits per heavy atom. The summed E-state index contributed by atoms with van der Waals surface area (Å²) in [5.41, 5.74) is 0.115. The normalized spacial score (nSPS) is 12.0. The number of hydrogen-bond acceptors (Lipinski definition) is 6. The lowest BCUT2D eigenvalue weighted by Crippen LogP contribution is -2.27. The molecule has 0 aliphatic rings. The molecule has 0 amide bonds.